The van der Waals surface area contributed by atoms with Gasteiger partial charge in [0.25, 0.3) is 6.47 Å². The van der Waals surface area contributed by atoms with Crippen molar-refractivity contribution < 1.29 is 43.2 Å². The number of carboxylic acid groups (broad SMARTS) is 1. The van der Waals surface area contributed by atoms with Crippen molar-refractivity contribution >= 4 is 24.0 Å². The molecule has 55 heavy (non-hydrogen) atoms. The van der Waals surface area contributed by atoms with Crippen molar-refractivity contribution in [2.75, 3.05) is 0 Å². The summed E-state index contributed by atoms with van der Waals surface area (Å²) < 4.78 is 22.9. The van der Waals surface area contributed by atoms with Crippen molar-refractivity contribution in [2.24, 2.45) is 0 Å². The minimum Gasteiger partial charge on any atom is -0.478 e. The number of carbonyl (C=O) groups is 4. The highest BCUT2D eigenvalue weighted by molar-refractivity contribution is 6.07. The average molecular weight is 727 g/mol. The van der Waals surface area contributed by atoms with Crippen molar-refractivity contribution in [1.82, 2.24) is 0 Å². The first-order chi connectivity index (χ1) is 26.7. The van der Waals surface area contributed by atoms with E-state index >= 15 is 0 Å². The molecule has 0 aliphatic heterocycles. The molecule has 9 nitrogen and oxygen atoms in total. The quantitative estimate of drug-likeness (QED) is 0.0627. The van der Waals surface area contributed by atoms with Crippen LogP contribution in [-0.2, 0) is 17.6 Å². The fraction of sp³-hybridized carbons (Fsp3) is 0.0435. The predicted molar refractivity (Wildman–Crippen MR) is 204 cm³/mol. The molecule has 268 valence electrons. The van der Waals surface area contributed by atoms with Gasteiger partial charge in [0.15, 0.2) is 11.6 Å². The summed E-state index contributed by atoms with van der Waals surface area (Å²) in [7, 11) is 0. The molecule has 0 aromatic heterocycles. The number of ketones is 2. The zero-order valence-electron chi connectivity index (χ0n) is 29.1. The number of ether oxygens (including phenoxy) is 4. The fourth-order valence-corrected chi connectivity index (χ4v) is 5.51. The molecule has 0 saturated carbocycles. The normalized spacial score (nSPS) is 10.3. The first-order valence-electron chi connectivity index (χ1n) is 16.7. The van der Waals surface area contributed by atoms with Gasteiger partial charge in [-0.1, -0.05) is 36.1 Å². The van der Waals surface area contributed by atoms with E-state index < -0.39 is 5.97 Å². The topological polar surface area (TPSA) is 125 Å². The lowest BCUT2D eigenvalue weighted by Crippen LogP contribution is -2.11. The lowest BCUT2D eigenvalue weighted by atomic mass is 9.97. The van der Waals surface area contributed by atoms with Crippen LogP contribution in [0.15, 0.2) is 133 Å². The summed E-state index contributed by atoms with van der Waals surface area (Å²) in [5.41, 5.74) is 3.00. The van der Waals surface area contributed by atoms with Crippen LogP contribution in [0.25, 0.3) is 0 Å². The molecule has 0 spiro atoms. The minimum absolute atomic E-state index is 0.0182. The van der Waals surface area contributed by atoms with Gasteiger partial charge in [-0.05, 0) is 114 Å². The molecule has 1 N–H and O–H groups in total. The Balaban J connectivity index is 1.05. The maximum absolute atomic E-state index is 13.0. The predicted octanol–water partition coefficient (Wildman–Crippen LogP) is 9.11. The summed E-state index contributed by atoms with van der Waals surface area (Å²) in [5, 5.41) is 9.83. The molecule has 0 heterocycles. The second kappa shape index (κ2) is 17.1. The van der Waals surface area contributed by atoms with Gasteiger partial charge in [0, 0.05) is 35.6 Å². The monoisotopic (exact) mass is 726 g/mol. The Labute approximate surface area is 316 Å². The van der Waals surface area contributed by atoms with E-state index in [1.54, 1.807) is 115 Å². The second-order valence-electron chi connectivity index (χ2n) is 12.0. The number of benzene rings is 6. The van der Waals surface area contributed by atoms with Crippen LogP contribution in [0.3, 0.4) is 0 Å². The van der Waals surface area contributed by atoms with Gasteiger partial charge in [0.2, 0.25) is 0 Å². The van der Waals surface area contributed by atoms with Crippen LogP contribution in [0.1, 0.15) is 53.3 Å². The van der Waals surface area contributed by atoms with Crippen LogP contribution < -0.4 is 18.9 Å². The number of carbonyl (C=O) groups excluding carboxylic acids is 3. The SMILES string of the molecule is C#Cc1ccc(CC(=O)c2ccc(Oc3ccc(Oc4ccc(Oc5ccc(C(=O)Cc6ccc(C#C)cc6)c(C(=O)O)c5)cc4)cc3)cc2OC=O)cc1. The number of hydrogen-bond acceptors (Lipinski definition) is 8. The Bertz CT molecular complexity index is 2450. The zero-order valence-corrected chi connectivity index (χ0v) is 29.1. The summed E-state index contributed by atoms with van der Waals surface area (Å²) in [6, 6.07) is 36.4. The van der Waals surface area contributed by atoms with Crippen molar-refractivity contribution in [3.05, 3.63) is 172 Å². The molecule has 0 unspecified atom stereocenters. The van der Waals surface area contributed by atoms with Crippen molar-refractivity contribution in [3.8, 4) is 64.9 Å². The van der Waals surface area contributed by atoms with Crippen molar-refractivity contribution in [2.45, 2.75) is 12.8 Å². The van der Waals surface area contributed by atoms with E-state index in [4.69, 9.17) is 31.8 Å². The molecule has 0 aliphatic rings. The summed E-state index contributed by atoms with van der Waals surface area (Å²) in [6.45, 7) is 0.253. The Morgan fingerprint density at radius 2 is 0.891 bits per heavy atom. The molecule has 0 atom stereocenters. The molecule has 0 amide bonds. The maximum Gasteiger partial charge on any atom is 0.336 e. The third kappa shape index (κ3) is 9.52. The lowest BCUT2D eigenvalue weighted by molar-refractivity contribution is -0.120. The molecule has 6 aromatic rings. The van der Waals surface area contributed by atoms with Gasteiger partial charge in [-0.15, -0.1) is 12.8 Å². The Morgan fingerprint density at radius 3 is 1.31 bits per heavy atom. The van der Waals surface area contributed by atoms with Crippen LogP contribution in [0.5, 0.6) is 40.2 Å². The standard InChI is InChI=1S/C46H30O9/c1-3-30-5-9-32(10-6-30)25-43(48)40-23-21-38(27-42(40)46(50)51)54-36-17-13-34(14-18-36)53-35-15-19-37(20-16-35)55-39-22-24-41(45(28-39)52-29-47)44(49)26-33-11-7-31(4-2)8-12-33/h1-2,5-24,27-29H,25-26H2,(H,50,51). The molecule has 6 aromatic carbocycles. The smallest absolute Gasteiger partial charge is 0.336 e. The molecule has 0 bridgehead atoms. The largest absolute Gasteiger partial charge is 0.478 e. The van der Waals surface area contributed by atoms with E-state index in [0.29, 0.717) is 45.4 Å². The molecule has 6 rings (SSSR count). The van der Waals surface area contributed by atoms with Crippen LogP contribution in [0, 0.1) is 24.7 Å². The Hall–Kier alpha value is -7.88. The number of carboxylic acids is 1. The highest BCUT2D eigenvalue weighted by Crippen LogP contribution is 2.32. The molecule has 0 fully saturated rings. The first kappa shape index (κ1) is 36.9. The molecular formula is C46H30O9. The number of terminal acetylenes is 2. The summed E-state index contributed by atoms with van der Waals surface area (Å²) in [6.07, 6.45) is 10.9. The van der Waals surface area contributed by atoms with Gasteiger partial charge < -0.3 is 24.1 Å². The van der Waals surface area contributed by atoms with Crippen LogP contribution >= 0.6 is 0 Å². The van der Waals surface area contributed by atoms with Gasteiger partial charge in [0.1, 0.15) is 40.2 Å². The third-order valence-corrected chi connectivity index (χ3v) is 8.28. The van der Waals surface area contributed by atoms with Crippen LogP contribution in [0.4, 0.5) is 0 Å². The number of hydrogen-bond donors (Lipinski definition) is 1. The number of rotatable bonds is 15. The van der Waals surface area contributed by atoms with Gasteiger partial charge in [0.05, 0.1) is 11.1 Å². The van der Waals surface area contributed by atoms with Crippen LogP contribution in [-0.4, -0.2) is 29.1 Å². The van der Waals surface area contributed by atoms with E-state index in [1.807, 2.05) is 0 Å². The van der Waals surface area contributed by atoms with Crippen molar-refractivity contribution in [1.29, 1.82) is 0 Å². The maximum atomic E-state index is 13.0. The van der Waals surface area contributed by atoms with E-state index in [-0.39, 0.29) is 59.1 Å². The molecule has 9 heteroatoms. The highest BCUT2D eigenvalue weighted by atomic mass is 16.5. The van der Waals surface area contributed by atoms with Gasteiger partial charge in [-0.2, -0.15) is 0 Å². The van der Waals surface area contributed by atoms with Crippen molar-refractivity contribution in [3.63, 3.8) is 0 Å². The van der Waals surface area contributed by atoms with E-state index in [0.717, 1.165) is 5.56 Å². The van der Waals surface area contributed by atoms with Crippen LogP contribution in [0.2, 0.25) is 0 Å². The summed E-state index contributed by atoms with van der Waals surface area (Å²) in [5.74, 6) is 5.78. The van der Waals surface area contributed by atoms with E-state index in [2.05, 4.69) is 11.8 Å². The summed E-state index contributed by atoms with van der Waals surface area (Å²) in [4.78, 5) is 49.3. The fourth-order valence-electron chi connectivity index (χ4n) is 5.51. The van der Waals surface area contributed by atoms with Gasteiger partial charge in [-0.3, -0.25) is 14.4 Å². The molecule has 0 aliphatic carbocycles. The number of Topliss-reactive ketones (excluding diaryl/α,β-unsaturated/α-hetero) is 2. The van der Waals surface area contributed by atoms with E-state index in [1.165, 1.54) is 18.2 Å². The lowest BCUT2D eigenvalue weighted by Gasteiger charge is -2.12. The highest BCUT2D eigenvalue weighted by Gasteiger charge is 2.19. The zero-order chi connectivity index (χ0) is 38.7. The number of aromatic carboxylic acids is 1. The first-order valence-corrected chi connectivity index (χ1v) is 16.7. The van der Waals surface area contributed by atoms with Gasteiger partial charge >= 0.3 is 5.97 Å². The summed E-state index contributed by atoms with van der Waals surface area (Å²) >= 11 is 0. The Kier molecular flexibility index (Phi) is 11.5. The van der Waals surface area contributed by atoms with E-state index in [9.17, 15) is 24.3 Å². The third-order valence-electron chi connectivity index (χ3n) is 8.28. The molecular weight excluding hydrogens is 696 g/mol. The second-order valence-corrected chi connectivity index (χ2v) is 12.0. The average Bonchev–Trinajstić information content (AvgIpc) is 3.20. The van der Waals surface area contributed by atoms with Gasteiger partial charge in [-0.25, -0.2) is 4.79 Å². The Morgan fingerprint density at radius 1 is 0.509 bits per heavy atom. The minimum atomic E-state index is -1.25. The molecule has 0 radical (unpaired) electrons. The molecule has 0 saturated heterocycles.